The Morgan fingerprint density at radius 2 is 1.98 bits per heavy atom. The molecule has 1 aromatic carbocycles. The number of carbonyl (C=O) groups excluding carboxylic acids is 1. The molecule has 14 heteroatoms. The Balaban J connectivity index is 1.53. The molecule has 0 radical (unpaired) electrons. The molecule has 1 N–H and O–H groups in total. The molecule has 2 saturated heterocycles. The number of amides is 1. The highest BCUT2D eigenvalue weighted by molar-refractivity contribution is 7.44. The molecule has 5 atom stereocenters. The lowest BCUT2D eigenvalue weighted by atomic mass is 9.96. The van der Waals surface area contributed by atoms with Crippen molar-refractivity contribution in [1.29, 1.82) is 5.26 Å². The summed E-state index contributed by atoms with van der Waals surface area (Å²) in [5.74, 6) is 0.506. The minimum atomic E-state index is -1.61. The van der Waals surface area contributed by atoms with Gasteiger partial charge in [-0.3, -0.25) is 9.36 Å². The van der Waals surface area contributed by atoms with Gasteiger partial charge >= 0.3 is 5.69 Å². The maximum atomic E-state index is 13.7. The number of nitrogens with zero attached hydrogens (tertiary/aromatic N) is 7. The second-order valence-corrected chi connectivity index (χ2v) is 13.4. The van der Waals surface area contributed by atoms with Crippen LogP contribution in [0.15, 0.2) is 59.9 Å². The maximum absolute atomic E-state index is 13.7. The minimum absolute atomic E-state index is 0.104. The Morgan fingerprint density at radius 3 is 2.61 bits per heavy atom. The fourth-order valence-electron chi connectivity index (χ4n) is 6.18. The summed E-state index contributed by atoms with van der Waals surface area (Å²) in [7, 11) is -1.61. The fourth-order valence-corrected chi connectivity index (χ4v) is 7.99. The Hall–Kier alpha value is -3.79. The molecule has 2 aromatic heterocycles. The molecular formula is C32H41N8O5P. The monoisotopic (exact) mass is 648 g/mol. The maximum Gasteiger partial charge on any atom is 0.351 e. The minimum Gasteiger partial charge on any atom is -0.344 e. The molecule has 2 fully saturated rings. The number of nitriles is 1. The molecule has 0 spiro atoms. The quantitative estimate of drug-likeness (QED) is 0.201. The number of carbonyl (C=O) groups is 1. The van der Waals surface area contributed by atoms with Crippen molar-refractivity contribution in [2.24, 2.45) is 0 Å². The van der Waals surface area contributed by atoms with Crippen molar-refractivity contribution in [2.45, 2.75) is 90.4 Å². The van der Waals surface area contributed by atoms with E-state index < -0.39 is 38.2 Å². The average Bonchev–Trinajstić information content (AvgIpc) is 3.52. The van der Waals surface area contributed by atoms with Crippen molar-refractivity contribution in [3.8, 4) is 6.07 Å². The van der Waals surface area contributed by atoms with Gasteiger partial charge in [0.05, 0.1) is 25.6 Å². The van der Waals surface area contributed by atoms with Crippen molar-refractivity contribution in [1.82, 2.24) is 24.2 Å². The highest BCUT2D eigenvalue weighted by atomic mass is 31.2. The zero-order valence-corrected chi connectivity index (χ0v) is 27.9. The van der Waals surface area contributed by atoms with Gasteiger partial charge in [0.1, 0.15) is 35.7 Å². The molecule has 4 heterocycles. The number of anilines is 2. The Kier molecular flexibility index (Phi) is 10.5. The van der Waals surface area contributed by atoms with E-state index in [1.54, 1.807) is 43.6 Å². The molecule has 5 rings (SSSR count). The molecule has 13 nitrogen and oxygen atoms in total. The summed E-state index contributed by atoms with van der Waals surface area (Å²) >= 11 is 0. The molecule has 0 aliphatic carbocycles. The van der Waals surface area contributed by atoms with Crippen LogP contribution in [0.4, 0.5) is 11.6 Å². The summed E-state index contributed by atoms with van der Waals surface area (Å²) in [4.78, 5) is 41.5. The molecule has 1 unspecified atom stereocenters. The van der Waals surface area contributed by atoms with Gasteiger partial charge in [0.2, 0.25) is 0 Å². The van der Waals surface area contributed by atoms with Gasteiger partial charge in [-0.1, -0.05) is 25.1 Å². The van der Waals surface area contributed by atoms with E-state index >= 15 is 0 Å². The van der Waals surface area contributed by atoms with E-state index in [4.69, 9.17) is 13.8 Å². The van der Waals surface area contributed by atoms with Crippen LogP contribution in [-0.2, 0) is 13.8 Å². The first-order chi connectivity index (χ1) is 22.1. The largest absolute Gasteiger partial charge is 0.351 e. The molecule has 2 aliphatic rings. The summed E-state index contributed by atoms with van der Waals surface area (Å²) in [5.41, 5.74) is -0.329. The van der Waals surface area contributed by atoms with E-state index in [9.17, 15) is 14.9 Å². The number of aryl methyl sites for hydroxylation is 1. The van der Waals surface area contributed by atoms with Gasteiger partial charge in [-0.25, -0.2) is 19.4 Å². The lowest BCUT2D eigenvalue weighted by molar-refractivity contribution is -0.104. The number of ether oxygens (including phenoxy) is 1. The van der Waals surface area contributed by atoms with E-state index in [1.807, 2.05) is 19.1 Å². The topological polar surface area (TPSA) is 148 Å². The number of nitrogens with one attached hydrogen (secondary N) is 1. The van der Waals surface area contributed by atoms with E-state index in [1.165, 1.54) is 10.9 Å². The number of hydrogen-bond donors (Lipinski definition) is 1. The van der Waals surface area contributed by atoms with Gasteiger partial charge in [0.25, 0.3) is 14.4 Å². The standard InChI is InChI=1S/C32H41N8O5P/c1-7-32-19-39(25-14-16-34-20-35-25)26(27(32)45-46(43-17-11-15-33)40(21(2)3)22(4)5)30(44-32)38-18-23(6)28(37-31(38)42)36-29(41)24-12-9-8-10-13-24/h8-10,12-14,16,18,20-22,26-27,30H,7,11,17,19H2,1-6H3,(H,36,37,41,42)/t26-,27+,30-,32+,46?/m1/s1. The first kappa shape index (κ1) is 33.6. The normalized spacial score (nSPS) is 22.9. The lowest BCUT2D eigenvalue weighted by Crippen LogP contribution is -2.48. The fraction of sp³-hybridized carbons (Fsp3) is 0.500. The second kappa shape index (κ2) is 14.3. The van der Waals surface area contributed by atoms with E-state index in [0.717, 1.165) is 0 Å². The van der Waals surface area contributed by atoms with Crippen molar-refractivity contribution >= 4 is 26.1 Å². The van der Waals surface area contributed by atoms with Crippen molar-refractivity contribution < 1.29 is 18.6 Å². The third-order valence-electron chi connectivity index (χ3n) is 8.28. The van der Waals surface area contributed by atoms with Crippen LogP contribution < -0.4 is 15.9 Å². The molecule has 2 bridgehead atoms. The first-order valence-electron chi connectivity index (χ1n) is 15.5. The van der Waals surface area contributed by atoms with Crippen LogP contribution >= 0.6 is 8.53 Å². The van der Waals surface area contributed by atoms with Crippen molar-refractivity contribution in [3.63, 3.8) is 0 Å². The summed E-state index contributed by atoms with van der Waals surface area (Å²) in [6.45, 7) is 12.9. The van der Waals surface area contributed by atoms with Gasteiger partial charge in [-0.05, 0) is 59.2 Å². The highest BCUT2D eigenvalue weighted by Crippen LogP contribution is 2.57. The SMILES string of the molecule is CC[C@@]12CN(c3ccncn3)[C@@H]([C@H](n3cc(C)c(NC(=O)c4ccccc4)nc3=O)O1)[C@@H]2OP(OCCC#N)N(C(C)C)C(C)C. The van der Waals surface area contributed by atoms with Crippen molar-refractivity contribution in [2.75, 3.05) is 23.4 Å². The first-order valence-corrected chi connectivity index (χ1v) is 16.6. The third-order valence-corrected chi connectivity index (χ3v) is 10.4. The van der Waals surface area contributed by atoms with Crippen LogP contribution in [0.1, 0.15) is 69.6 Å². The third kappa shape index (κ3) is 6.68. The van der Waals surface area contributed by atoms with Gasteiger partial charge in [0, 0.05) is 35.6 Å². The number of benzene rings is 1. The molecule has 1 amide bonds. The summed E-state index contributed by atoms with van der Waals surface area (Å²) in [5, 5.41) is 12.0. The number of morpholine rings is 1. The Bertz CT molecular complexity index is 1590. The zero-order valence-electron chi connectivity index (χ0n) is 27.0. The van der Waals surface area contributed by atoms with Crippen LogP contribution in [0.5, 0.6) is 0 Å². The number of rotatable bonds is 13. The number of fused-ring (bicyclic) bond motifs is 2. The van der Waals surface area contributed by atoms with Crippen LogP contribution in [0.25, 0.3) is 0 Å². The second-order valence-electron chi connectivity index (χ2n) is 12.0. The molecular weight excluding hydrogens is 607 g/mol. The molecule has 3 aromatic rings. The number of aromatic nitrogens is 4. The molecule has 0 saturated carbocycles. The van der Waals surface area contributed by atoms with E-state index in [-0.39, 0.29) is 36.8 Å². The van der Waals surface area contributed by atoms with Gasteiger partial charge in [0.15, 0.2) is 6.23 Å². The van der Waals surface area contributed by atoms with Crippen LogP contribution in [0.2, 0.25) is 0 Å². The predicted octanol–water partition coefficient (Wildman–Crippen LogP) is 4.82. The van der Waals surface area contributed by atoms with Crippen LogP contribution in [0, 0.1) is 18.3 Å². The van der Waals surface area contributed by atoms with Crippen molar-refractivity contribution in [3.05, 3.63) is 76.7 Å². The smallest absolute Gasteiger partial charge is 0.344 e. The average molecular weight is 649 g/mol. The highest BCUT2D eigenvalue weighted by Gasteiger charge is 2.66. The van der Waals surface area contributed by atoms with Gasteiger partial charge in [-0.2, -0.15) is 10.2 Å². The van der Waals surface area contributed by atoms with Crippen LogP contribution in [0.3, 0.4) is 0 Å². The van der Waals surface area contributed by atoms with Gasteiger partial charge in [-0.15, -0.1) is 0 Å². The summed E-state index contributed by atoms with van der Waals surface area (Å²) in [6.07, 6.45) is 4.36. The molecule has 2 aliphatic heterocycles. The Labute approximate surface area is 270 Å². The summed E-state index contributed by atoms with van der Waals surface area (Å²) in [6, 6.07) is 12.5. The molecule has 244 valence electrons. The van der Waals surface area contributed by atoms with Gasteiger partial charge < -0.3 is 24.0 Å². The molecule has 46 heavy (non-hydrogen) atoms. The predicted molar refractivity (Wildman–Crippen MR) is 174 cm³/mol. The summed E-state index contributed by atoms with van der Waals surface area (Å²) < 4.78 is 23.7. The zero-order chi connectivity index (χ0) is 33.0. The Morgan fingerprint density at radius 1 is 1.24 bits per heavy atom. The van der Waals surface area contributed by atoms with Crippen LogP contribution in [-0.4, -0.2) is 73.1 Å². The van der Waals surface area contributed by atoms with E-state index in [2.05, 4.69) is 63.6 Å². The number of hydrogen-bond acceptors (Lipinski definition) is 11. The lowest BCUT2D eigenvalue weighted by Gasteiger charge is -2.38. The van der Waals surface area contributed by atoms with E-state index in [0.29, 0.717) is 29.9 Å².